The average molecular weight is 311 g/mol. The number of nitrogens with one attached hydrogen (secondary N) is 2. The number of carbonyl (C=O) groups excluding carboxylic acids is 1. The highest BCUT2D eigenvalue weighted by atomic mass is 32.2. The highest BCUT2D eigenvalue weighted by Crippen LogP contribution is 2.26. The van der Waals surface area contributed by atoms with Gasteiger partial charge in [0.05, 0.1) is 0 Å². The fourth-order valence-corrected chi connectivity index (χ4v) is 3.53. The van der Waals surface area contributed by atoms with Gasteiger partial charge in [-0.15, -0.1) is 0 Å². The molecule has 1 aromatic heterocycles. The Morgan fingerprint density at radius 1 is 1.29 bits per heavy atom. The van der Waals surface area contributed by atoms with E-state index in [4.69, 9.17) is 0 Å². The quantitative estimate of drug-likeness (QED) is 0.890. The van der Waals surface area contributed by atoms with Gasteiger partial charge >= 0.3 is 6.03 Å². The van der Waals surface area contributed by atoms with Crippen LogP contribution < -0.4 is 10.0 Å². The molecule has 1 fully saturated rings. The molecule has 0 aromatic carbocycles. The van der Waals surface area contributed by atoms with E-state index in [9.17, 15) is 13.2 Å². The van der Waals surface area contributed by atoms with Crippen molar-refractivity contribution in [3.63, 3.8) is 0 Å². The van der Waals surface area contributed by atoms with Crippen LogP contribution in [-0.4, -0.2) is 25.5 Å². The Labute approximate surface area is 125 Å². The lowest BCUT2D eigenvalue weighted by atomic mass is 9.85. The minimum atomic E-state index is -3.91. The van der Waals surface area contributed by atoms with Crippen molar-refractivity contribution in [2.75, 3.05) is 0 Å². The van der Waals surface area contributed by atoms with E-state index in [2.05, 4.69) is 10.3 Å². The third-order valence-corrected chi connectivity index (χ3v) is 5.10. The van der Waals surface area contributed by atoms with Gasteiger partial charge in [-0.05, 0) is 37.8 Å². The summed E-state index contributed by atoms with van der Waals surface area (Å²) in [5, 5.41) is 2.56. The number of sulfonamides is 1. The van der Waals surface area contributed by atoms with Crippen LogP contribution in [0.4, 0.5) is 4.79 Å². The zero-order valence-electron chi connectivity index (χ0n) is 12.1. The second-order valence-corrected chi connectivity index (χ2v) is 7.06. The van der Waals surface area contributed by atoms with Gasteiger partial charge in [0.2, 0.25) is 0 Å². The van der Waals surface area contributed by atoms with Crippen molar-refractivity contribution in [1.29, 1.82) is 0 Å². The summed E-state index contributed by atoms with van der Waals surface area (Å²) in [6, 6.07) is 3.79. The zero-order chi connectivity index (χ0) is 15.3. The van der Waals surface area contributed by atoms with Crippen molar-refractivity contribution >= 4 is 16.1 Å². The standard InChI is InChI=1S/C14H21N3O3S/c1-11(12-7-3-2-4-8-12)16-14(18)17-21(19,20)13-9-5-6-10-15-13/h5-6,9-12H,2-4,7-8H2,1H3,(H2,16,17,18). The highest BCUT2D eigenvalue weighted by Gasteiger charge is 2.24. The molecule has 1 heterocycles. The summed E-state index contributed by atoms with van der Waals surface area (Å²) in [7, 11) is -3.91. The molecule has 7 heteroatoms. The largest absolute Gasteiger partial charge is 0.335 e. The molecule has 1 aliphatic rings. The van der Waals surface area contributed by atoms with Crippen LogP contribution in [0.5, 0.6) is 0 Å². The van der Waals surface area contributed by atoms with Gasteiger partial charge in [0, 0.05) is 12.2 Å². The number of hydrogen-bond donors (Lipinski definition) is 2. The summed E-state index contributed by atoms with van der Waals surface area (Å²) in [5.74, 6) is 0.419. The zero-order valence-corrected chi connectivity index (χ0v) is 12.9. The average Bonchev–Trinajstić information content (AvgIpc) is 2.48. The number of rotatable bonds is 4. The summed E-state index contributed by atoms with van der Waals surface area (Å²) < 4.78 is 25.9. The molecule has 0 spiro atoms. The van der Waals surface area contributed by atoms with Crippen LogP contribution >= 0.6 is 0 Å². The first kappa shape index (κ1) is 15.8. The van der Waals surface area contributed by atoms with E-state index < -0.39 is 16.1 Å². The van der Waals surface area contributed by atoms with Crippen LogP contribution in [0.25, 0.3) is 0 Å². The molecule has 6 nitrogen and oxygen atoms in total. The van der Waals surface area contributed by atoms with Crippen LogP contribution in [0.1, 0.15) is 39.0 Å². The van der Waals surface area contributed by atoms with Crippen molar-refractivity contribution < 1.29 is 13.2 Å². The number of urea groups is 1. The molecule has 1 aromatic rings. The maximum atomic E-state index is 12.0. The Bertz CT molecular complexity index is 568. The Morgan fingerprint density at radius 3 is 2.62 bits per heavy atom. The topological polar surface area (TPSA) is 88.2 Å². The monoisotopic (exact) mass is 311 g/mol. The fraction of sp³-hybridized carbons (Fsp3) is 0.571. The smallest absolute Gasteiger partial charge is 0.328 e. The minimum absolute atomic E-state index is 0.0377. The Kier molecular flexibility index (Phi) is 5.17. The van der Waals surface area contributed by atoms with Crippen LogP contribution in [0.2, 0.25) is 0 Å². The second kappa shape index (κ2) is 6.89. The third kappa shape index (κ3) is 4.42. The number of amides is 2. The van der Waals surface area contributed by atoms with E-state index in [1.807, 2.05) is 11.6 Å². The molecule has 1 saturated carbocycles. The third-order valence-electron chi connectivity index (χ3n) is 3.86. The number of carbonyl (C=O) groups is 1. The predicted molar refractivity (Wildman–Crippen MR) is 79.1 cm³/mol. The van der Waals surface area contributed by atoms with E-state index >= 15 is 0 Å². The first-order valence-corrected chi connectivity index (χ1v) is 8.72. The van der Waals surface area contributed by atoms with E-state index in [1.54, 1.807) is 12.1 Å². The Balaban J connectivity index is 1.92. The SMILES string of the molecule is CC(NC(=O)NS(=O)(=O)c1ccccn1)C1CCCCC1. The van der Waals surface area contributed by atoms with Gasteiger partial charge in [0.25, 0.3) is 10.0 Å². The van der Waals surface area contributed by atoms with Gasteiger partial charge in [-0.2, -0.15) is 8.42 Å². The first-order valence-electron chi connectivity index (χ1n) is 7.23. The molecule has 0 saturated heterocycles. The molecule has 2 rings (SSSR count). The lowest BCUT2D eigenvalue weighted by Gasteiger charge is -2.28. The van der Waals surface area contributed by atoms with Gasteiger partial charge in [0.1, 0.15) is 0 Å². The lowest BCUT2D eigenvalue weighted by molar-refractivity contribution is 0.229. The summed E-state index contributed by atoms with van der Waals surface area (Å²) in [6.07, 6.45) is 7.11. The maximum absolute atomic E-state index is 12.0. The number of nitrogens with zero attached hydrogens (tertiary/aromatic N) is 1. The highest BCUT2D eigenvalue weighted by molar-refractivity contribution is 7.90. The molecule has 2 amide bonds. The molecular formula is C14H21N3O3S. The van der Waals surface area contributed by atoms with E-state index in [0.717, 1.165) is 12.8 Å². The summed E-state index contributed by atoms with van der Waals surface area (Å²) in [5.41, 5.74) is 0. The molecule has 0 bridgehead atoms. The Morgan fingerprint density at radius 2 is 2.00 bits per heavy atom. The van der Waals surface area contributed by atoms with Gasteiger partial charge in [-0.25, -0.2) is 14.5 Å². The molecule has 1 unspecified atom stereocenters. The van der Waals surface area contributed by atoms with Crippen LogP contribution in [-0.2, 0) is 10.0 Å². The molecular weight excluding hydrogens is 290 g/mol. The van der Waals surface area contributed by atoms with Crippen molar-refractivity contribution in [2.45, 2.75) is 50.1 Å². The molecule has 21 heavy (non-hydrogen) atoms. The second-order valence-electron chi connectivity index (χ2n) is 5.43. The van der Waals surface area contributed by atoms with Crippen molar-refractivity contribution in [2.24, 2.45) is 5.92 Å². The molecule has 1 atom stereocenters. The van der Waals surface area contributed by atoms with Crippen LogP contribution in [0, 0.1) is 5.92 Å². The first-order chi connectivity index (χ1) is 9.99. The normalized spacial score (nSPS) is 18.0. The lowest BCUT2D eigenvalue weighted by Crippen LogP contribution is -2.46. The van der Waals surface area contributed by atoms with Crippen molar-refractivity contribution in [1.82, 2.24) is 15.0 Å². The van der Waals surface area contributed by atoms with Gasteiger partial charge in [-0.3, -0.25) is 0 Å². The minimum Gasteiger partial charge on any atom is -0.335 e. The molecule has 0 aliphatic heterocycles. The molecule has 2 N–H and O–H groups in total. The maximum Gasteiger partial charge on any atom is 0.328 e. The fourth-order valence-electron chi connectivity index (χ4n) is 2.67. The van der Waals surface area contributed by atoms with Crippen LogP contribution in [0.3, 0.4) is 0 Å². The van der Waals surface area contributed by atoms with E-state index in [1.165, 1.54) is 31.5 Å². The molecule has 0 radical (unpaired) electrons. The summed E-state index contributed by atoms with van der Waals surface area (Å²) in [6.45, 7) is 1.92. The summed E-state index contributed by atoms with van der Waals surface area (Å²) in [4.78, 5) is 15.6. The number of hydrogen-bond acceptors (Lipinski definition) is 4. The van der Waals surface area contributed by atoms with Gasteiger partial charge in [0.15, 0.2) is 5.03 Å². The van der Waals surface area contributed by atoms with Crippen molar-refractivity contribution in [3.05, 3.63) is 24.4 Å². The predicted octanol–water partition coefficient (Wildman–Crippen LogP) is 2.04. The van der Waals surface area contributed by atoms with Gasteiger partial charge in [-0.1, -0.05) is 25.3 Å². The number of aromatic nitrogens is 1. The summed E-state index contributed by atoms with van der Waals surface area (Å²) >= 11 is 0. The van der Waals surface area contributed by atoms with Gasteiger partial charge < -0.3 is 5.32 Å². The molecule has 1 aliphatic carbocycles. The Hall–Kier alpha value is -1.63. The van der Waals surface area contributed by atoms with E-state index in [-0.39, 0.29) is 11.1 Å². The van der Waals surface area contributed by atoms with Crippen molar-refractivity contribution in [3.8, 4) is 0 Å². The van der Waals surface area contributed by atoms with E-state index in [0.29, 0.717) is 5.92 Å². The molecule has 116 valence electrons. The number of pyridine rings is 1. The van der Waals surface area contributed by atoms with Crippen LogP contribution in [0.15, 0.2) is 29.4 Å².